The molecule has 16 heavy (non-hydrogen) atoms. The van der Waals surface area contributed by atoms with Gasteiger partial charge in [-0.1, -0.05) is 36.4 Å². The van der Waals surface area contributed by atoms with Crippen molar-refractivity contribution in [2.45, 2.75) is 11.3 Å². The highest BCUT2D eigenvalue weighted by Gasteiger charge is 1.96. The van der Waals surface area contributed by atoms with Crippen LogP contribution in [-0.4, -0.2) is 5.75 Å². The van der Waals surface area contributed by atoms with Crippen LogP contribution < -0.4 is 5.73 Å². The van der Waals surface area contributed by atoms with Gasteiger partial charge in [-0.05, 0) is 30.2 Å². The third kappa shape index (κ3) is 3.31. The van der Waals surface area contributed by atoms with Crippen molar-refractivity contribution in [1.29, 1.82) is 0 Å². The van der Waals surface area contributed by atoms with E-state index in [2.05, 4.69) is 36.4 Å². The van der Waals surface area contributed by atoms with E-state index in [1.807, 2.05) is 30.0 Å². The molecule has 0 atom stereocenters. The smallest absolute Gasteiger partial charge is 0.0325 e. The number of nitrogen functional groups attached to an aromatic ring is 1. The Morgan fingerprint density at radius 3 is 2.50 bits per heavy atom. The van der Waals surface area contributed by atoms with E-state index in [-0.39, 0.29) is 0 Å². The second-order valence-corrected chi connectivity index (χ2v) is 4.82. The lowest BCUT2D eigenvalue weighted by molar-refractivity contribution is 1.15. The number of benzene rings is 2. The third-order valence-corrected chi connectivity index (χ3v) is 3.36. The van der Waals surface area contributed by atoms with Crippen LogP contribution in [0.1, 0.15) is 5.56 Å². The number of aryl methyl sites for hydroxylation is 1. The van der Waals surface area contributed by atoms with Crippen LogP contribution in [0.3, 0.4) is 0 Å². The van der Waals surface area contributed by atoms with Gasteiger partial charge in [0.2, 0.25) is 0 Å². The minimum absolute atomic E-state index is 0.838. The zero-order valence-corrected chi connectivity index (χ0v) is 9.91. The van der Waals surface area contributed by atoms with Gasteiger partial charge in [-0.15, -0.1) is 11.8 Å². The Kier molecular flexibility index (Phi) is 3.89. The van der Waals surface area contributed by atoms with E-state index in [0.717, 1.165) is 17.9 Å². The summed E-state index contributed by atoms with van der Waals surface area (Å²) in [7, 11) is 0. The molecule has 0 spiro atoms. The third-order valence-electron chi connectivity index (χ3n) is 2.36. The summed E-state index contributed by atoms with van der Waals surface area (Å²) in [4.78, 5) is 1.25. The normalized spacial score (nSPS) is 10.2. The molecule has 0 aliphatic carbocycles. The van der Waals surface area contributed by atoms with Gasteiger partial charge in [-0.3, -0.25) is 0 Å². The molecule has 0 saturated carbocycles. The Balaban J connectivity index is 1.85. The highest BCUT2D eigenvalue weighted by molar-refractivity contribution is 7.99. The molecule has 0 heterocycles. The Labute approximate surface area is 101 Å². The minimum atomic E-state index is 0.838. The molecule has 2 aromatic rings. The highest BCUT2D eigenvalue weighted by Crippen LogP contribution is 2.21. The molecule has 0 aliphatic rings. The molecule has 0 aliphatic heterocycles. The molecule has 1 nitrogen and oxygen atoms in total. The van der Waals surface area contributed by atoms with Gasteiger partial charge in [-0.2, -0.15) is 0 Å². The van der Waals surface area contributed by atoms with Crippen LogP contribution in [-0.2, 0) is 6.42 Å². The number of nitrogens with two attached hydrogens (primary N) is 1. The minimum Gasteiger partial charge on any atom is -0.399 e. The van der Waals surface area contributed by atoms with E-state index >= 15 is 0 Å². The molecule has 0 radical (unpaired) electrons. The summed E-state index contributed by atoms with van der Waals surface area (Å²) >= 11 is 1.85. The zero-order chi connectivity index (χ0) is 11.2. The fraction of sp³-hybridized carbons (Fsp3) is 0.143. The summed E-state index contributed by atoms with van der Waals surface area (Å²) in [5.74, 6) is 1.09. The number of hydrogen-bond acceptors (Lipinski definition) is 2. The molecule has 0 fully saturated rings. The summed E-state index contributed by atoms with van der Waals surface area (Å²) in [6, 6.07) is 18.6. The van der Waals surface area contributed by atoms with E-state index in [0.29, 0.717) is 0 Å². The quantitative estimate of drug-likeness (QED) is 0.640. The molecule has 2 rings (SSSR count). The average molecular weight is 229 g/mol. The van der Waals surface area contributed by atoms with Crippen molar-refractivity contribution >= 4 is 17.4 Å². The van der Waals surface area contributed by atoms with Gasteiger partial charge in [0.1, 0.15) is 0 Å². The first-order valence-corrected chi connectivity index (χ1v) is 6.35. The first kappa shape index (κ1) is 11.1. The molecule has 0 unspecified atom stereocenters. The fourth-order valence-electron chi connectivity index (χ4n) is 1.54. The Bertz CT molecular complexity index is 439. The van der Waals surface area contributed by atoms with Crippen LogP contribution in [0, 0.1) is 0 Å². The SMILES string of the molecule is Nc1cccc(SCCc2ccccc2)c1. The largest absolute Gasteiger partial charge is 0.399 e. The monoisotopic (exact) mass is 229 g/mol. The first-order valence-electron chi connectivity index (χ1n) is 5.37. The first-order chi connectivity index (χ1) is 7.84. The lowest BCUT2D eigenvalue weighted by Gasteiger charge is -2.02. The van der Waals surface area contributed by atoms with E-state index in [4.69, 9.17) is 5.73 Å². The van der Waals surface area contributed by atoms with Crippen LogP contribution in [0.4, 0.5) is 5.69 Å². The predicted molar refractivity (Wildman–Crippen MR) is 71.7 cm³/mol. The molecule has 0 amide bonds. The van der Waals surface area contributed by atoms with Crippen molar-refractivity contribution < 1.29 is 0 Å². The lowest BCUT2D eigenvalue weighted by Crippen LogP contribution is -1.88. The number of anilines is 1. The average Bonchev–Trinajstić information content (AvgIpc) is 2.30. The maximum Gasteiger partial charge on any atom is 0.0325 e. The maximum absolute atomic E-state index is 5.73. The molecule has 0 bridgehead atoms. The van der Waals surface area contributed by atoms with Crippen molar-refractivity contribution in [2.24, 2.45) is 0 Å². The van der Waals surface area contributed by atoms with Gasteiger partial charge in [-0.25, -0.2) is 0 Å². The molecule has 2 aromatic carbocycles. The fourth-order valence-corrected chi connectivity index (χ4v) is 2.50. The molecule has 0 aromatic heterocycles. The van der Waals surface area contributed by atoms with Gasteiger partial charge >= 0.3 is 0 Å². The van der Waals surface area contributed by atoms with Crippen LogP contribution >= 0.6 is 11.8 Å². The van der Waals surface area contributed by atoms with Gasteiger partial charge in [0.05, 0.1) is 0 Å². The molecular weight excluding hydrogens is 214 g/mol. The molecule has 0 saturated heterocycles. The number of thioether (sulfide) groups is 1. The van der Waals surface area contributed by atoms with Gasteiger partial charge < -0.3 is 5.73 Å². The summed E-state index contributed by atoms with van der Waals surface area (Å²) in [5, 5.41) is 0. The molecule has 2 N–H and O–H groups in total. The highest BCUT2D eigenvalue weighted by atomic mass is 32.2. The van der Waals surface area contributed by atoms with Crippen LogP contribution in [0.25, 0.3) is 0 Å². The second kappa shape index (κ2) is 5.61. The summed E-state index contributed by atoms with van der Waals surface area (Å²) in [5.41, 5.74) is 7.95. The van der Waals surface area contributed by atoms with E-state index in [9.17, 15) is 0 Å². The van der Waals surface area contributed by atoms with Crippen molar-refractivity contribution in [2.75, 3.05) is 11.5 Å². The van der Waals surface area contributed by atoms with Crippen molar-refractivity contribution in [3.05, 3.63) is 60.2 Å². The van der Waals surface area contributed by atoms with E-state index in [1.54, 1.807) is 0 Å². The van der Waals surface area contributed by atoms with E-state index < -0.39 is 0 Å². The number of hydrogen-bond donors (Lipinski definition) is 1. The summed E-state index contributed by atoms with van der Waals surface area (Å²) < 4.78 is 0. The summed E-state index contributed by atoms with van der Waals surface area (Å²) in [6.45, 7) is 0. The van der Waals surface area contributed by atoms with Crippen molar-refractivity contribution in [3.8, 4) is 0 Å². The summed E-state index contributed by atoms with van der Waals surface area (Å²) in [6.07, 6.45) is 1.10. The van der Waals surface area contributed by atoms with E-state index in [1.165, 1.54) is 10.5 Å². The molecular formula is C14H15NS. The van der Waals surface area contributed by atoms with Gasteiger partial charge in [0.25, 0.3) is 0 Å². The van der Waals surface area contributed by atoms with Gasteiger partial charge in [0, 0.05) is 16.3 Å². The van der Waals surface area contributed by atoms with Crippen molar-refractivity contribution in [1.82, 2.24) is 0 Å². The predicted octanol–water partition coefficient (Wildman–Crippen LogP) is 3.60. The Morgan fingerprint density at radius 2 is 1.75 bits per heavy atom. The molecule has 82 valence electrons. The van der Waals surface area contributed by atoms with Crippen molar-refractivity contribution in [3.63, 3.8) is 0 Å². The topological polar surface area (TPSA) is 26.0 Å². The standard InChI is InChI=1S/C14H15NS/c15-13-7-4-8-14(11-13)16-10-9-12-5-2-1-3-6-12/h1-8,11H,9-10,15H2. The van der Waals surface area contributed by atoms with Gasteiger partial charge in [0.15, 0.2) is 0 Å². The zero-order valence-electron chi connectivity index (χ0n) is 9.10. The maximum atomic E-state index is 5.73. The van der Waals surface area contributed by atoms with Crippen LogP contribution in [0.5, 0.6) is 0 Å². The lowest BCUT2D eigenvalue weighted by atomic mass is 10.2. The Hall–Kier alpha value is -1.41. The van der Waals surface area contributed by atoms with Crippen LogP contribution in [0.15, 0.2) is 59.5 Å². The second-order valence-electron chi connectivity index (χ2n) is 3.66. The number of rotatable bonds is 4. The Morgan fingerprint density at radius 1 is 0.938 bits per heavy atom. The van der Waals surface area contributed by atoms with Crippen LogP contribution in [0.2, 0.25) is 0 Å². The molecule has 2 heteroatoms.